The van der Waals surface area contributed by atoms with Gasteiger partial charge in [0.2, 0.25) is 0 Å². The first-order valence-corrected chi connectivity index (χ1v) is 6.33. The minimum atomic E-state index is 0.632. The first-order chi connectivity index (χ1) is 8.65. The maximum atomic E-state index is 9.33. The Morgan fingerprint density at radius 1 is 1.50 bits per heavy atom. The topological polar surface area (TPSA) is 50.0 Å². The van der Waals surface area contributed by atoms with Gasteiger partial charge < -0.3 is 14.6 Å². The van der Waals surface area contributed by atoms with Crippen LogP contribution in [-0.2, 0) is 13.6 Å². The molecule has 4 nitrogen and oxygen atoms in total. The molecule has 0 atom stereocenters. The number of nitrogens with zero attached hydrogens (tertiary/aromatic N) is 2. The maximum Gasteiger partial charge on any atom is 0.128 e. The van der Waals surface area contributed by atoms with Crippen LogP contribution < -0.4 is 10.1 Å². The van der Waals surface area contributed by atoms with Crippen LogP contribution in [0, 0.1) is 11.3 Å². The number of methoxy groups -OCH3 is 1. The Labute approximate surface area is 114 Å². The Morgan fingerprint density at radius 2 is 2.22 bits per heavy atom. The van der Waals surface area contributed by atoms with E-state index < -0.39 is 0 Å². The van der Waals surface area contributed by atoms with Crippen LogP contribution in [0.5, 0.6) is 5.75 Å². The van der Waals surface area contributed by atoms with E-state index in [0.29, 0.717) is 12.2 Å². The number of fused-ring (bicyclic) bond motifs is 1. The summed E-state index contributed by atoms with van der Waals surface area (Å²) in [6.07, 6.45) is 0. The molecule has 1 aromatic carbocycles. The molecule has 0 bridgehead atoms. The standard InChI is InChI=1S/C13H14BrN3O/c1-16-7-8-10(6-15)17(2)13-9(14)4-5-11(18-3)12(8)13/h4-5,16H,7H2,1-3H3. The van der Waals surface area contributed by atoms with Crippen LogP contribution in [-0.4, -0.2) is 18.7 Å². The lowest BCUT2D eigenvalue weighted by molar-refractivity contribution is 0.419. The van der Waals surface area contributed by atoms with Crippen LogP contribution in [0.4, 0.5) is 0 Å². The molecule has 0 aliphatic carbocycles. The van der Waals surface area contributed by atoms with E-state index in [4.69, 9.17) is 4.74 Å². The summed E-state index contributed by atoms with van der Waals surface area (Å²) in [5.41, 5.74) is 2.61. The van der Waals surface area contributed by atoms with Gasteiger partial charge in [0.1, 0.15) is 17.5 Å². The summed E-state index contributed by atoms with van der Waals surface area (Å²) < 4.78 is 8.27. The van der Waals surface area contributed by atoms with Crippen molar-refractivity contribution in [3.05, 3.63) is 27.9 Å². The van der Waals surface area contributed by atoms with Crippen LogP contribution in [0.2, 0.25) is 0 Å². The van der Waals surface area contributed by atoms with E-state index in [9.17, 15) is 5.26 Å². The van der Waals surface area contributed by atoms with Crippen molar-refractivity contribution in [1.29, 1.82) is 5.26 Å². The van der Waals surface area contributed by atoms with Crippen LogP contribution in [0.15, 0.2) is 16.6 Å². The van der Waals surface area contributed by atoms with Gasteiger partial charge in [-0.1, -0.05) is 0 Å². The van der Waals surface area contributed by atoms with Gasteiger partial charge in [0.25, 0.3) is 0 Å². The quantitative estimate of drug-likeness (QED) is 0.948. The molecular formula is C13H14BrN3O. The normalized spacial score (nSPS) is 10.6. The van der Waals surface area contributed by atoms with Gasteiger partial charge in [0, 0.05) is 29.0 Å². The Balaban J connectivity index is 2.95. The summed E-state index contributed by atoms with van der Waals surface area (Å²) in [6, 6.07) is 6.11. The van der Waals surface area contributed by atoms with Crippen molar-refractivity contribution in [2.75, 3.05) is 14.2 Å². The summed E-state index contributed by atoms with van der Waals surface area (Å²) in [4.78, 5) is 0. The summed E-state index contributed by atoms with van der Waals surface area (Å²) in [5.74, 6) is 0.788. The van der Waals surface area contributed by atoms with Crippen molar-refractivity contribution in [3.8, 4) is 11.8 Å². The zero-order chi connectivity index (χ0) is 13.3. The predicted octanol–water partition coefficient (Wildman–Crippen LogP) is 2.54. The van der Waals surface area contributed by atoms with Crippen molar-refractivity contribution in [3.63, 3.8) is 0 Å². The van der Waals surface area contributed by atoms with Gasteiger partial charge in [0.05, 0.1) is 12.6 Å². The van der Waals surface area contributed by atoms with Gasteiger partial charge >= 0.3 is 0 Å². The first kappa shape index (κ1) is 12.9. The summed E-state index contributed by atoms with van der Waals surface area (Å²) >= 11 is 3.53. The summed E-state index contributed by atoms with van der Waals surface area (Å²) in [5, 5.41) is 13.4. The number of nitriles is 1. The average molecular weight is 308 g/mol. The molecule has 18 heavy (non-hydrogen) atoms. The highest BCUT2D eigenvalue weighted by atomic mass is 79.9. The Morgan fingerprint density at radius 3 is 2.78 bits per heavy atom. The fourth-order valence-electron chi connectivity index (χ4n) is 2.26. The lowest BCUT2D eigenvalue weighted by atomic mass is 10.1. The third-order valence-corrected chi connectivity index (χ3v) is 3.67. The first-order valence-electron chi connectivity index (χ1n) is 5.54. The number of nitrogens with one attached hydrogen (secondary N) is 1. The number of aromatic nitrogens is 1. The van der Waals surface area contributed by atoms with Crippen LogP contribution in [0.3, 0.4) is 0 Å². The van der Waals surface area contributed by atoms with E-state index in [1.807, 2.05) is 30.8 Å². The second kappa shape index (κ2) is 5.01. The molecule has 0 saturated carbocycles. The van der Waals surface area contributed by atoms with Crippen molar-refractivity contribution in [2.24, 2.45) is 7.05 Å². The second-order valence-electron chi connectivity index (χ2n) is 4.00. The second-order valence-corrected chi connectivity index (χ2v) is 4.86. The van der Waals surface area contributed by atoms with E-state index in [1.165, 1.54) is 0 Å². The molecule has 1 aromatic heterocycles. The number of benzene rings is 1. The minimum absolute atomic E-state index is 0.632. The van der Waals surface area contributed by atoms with Gasteiger partial charge in [0.15, 0.2) is 0 Å². The molecule has 1 N–H and O–H groups in total. The molecule has 1 heterocycles. The van der Waals surface area contributed by atoms with E-state index in [1.54, 1.807) is 7.11 Å². The third kappa shape index (κ3) is 1.78. The number of hydrogen-bond acceptors (Lipinski definition) is 3. The van der Waals surface area contributed by atoms with Crippen molar-refractivity contribution >= 4 is 26.8 Å². The fraction of sp³-hybridized carbons (Fsp3) is 0.308. The molecule has 0 fully saturated rings. The van der Waals surface area contributed by atoms with Gasteiger partial charge in [-0.05, 0) is 35.1 Å². The molecule has 94 valence electrons. The monoisotopic (exact) mass is 307 g/mol. The highest BCUT2D eigenvalue weighted by Crippen LogP contribution is 2.37. The molecule has 0 spiro atoms. The average Bonchev–Trinajstić information content (AvgIpc) is 2.65. The zero-order valence-electron chi connectivity index (χ0n) is 10.5. The highest BCUT2D eigenvalue weighted by molar-refractivity contribution is 9.10. The van der Waals surface area contributed by atoms with Crippen molar-refractivity contribution < 1.29 is 4.74 Å². The number of halogens is 1. The Kier molecular flexibility index (Phi) is 3.60. The van der Waals surface area contributed by atoms with E-state index >= 15 is 0 Å². The number of ether oxygens (including phenoxy) is 1. The van der Waals surface area contributed by atoms with Crippen molar-refractivity contribution in [1.82, 2.24) is 9.88 Å². The predicted molar refractivity (Wildman–Crippen MR) is 74.6 cm³/mol. The van der Waals surface area contributed by atoms with E-state index in [-0.39, 0.29) is 0 Å². The van der Waals surface area contributed by atoms with Gasteiger partial charge in [-0.25, -0.2) is 0 Å². The molecular weight excluding hydrogens is 294 g/mol. The Hall–Kier alpha value is -1.51. The molecule has 2 aromatic rings. The zero-order valence-corrected chi connectivity index (χ0v) is 12.1. The SMILES string of the molecule is CNCc1c(C#N)n(C)c2c(Br)ccc(OC)c12. The third-order valence-electron chi connectivity index (χ3n) is 3.03. The lowest BCUT2D eigenvalue weighted by Crippen LogP contribution is -2.07. The molecule has 0 amide bonds. The molecule has 0 unspecified atom stereocenters. The summed E-state index contributed by atoms with van der Waals surface area (Å²) in [6.45, 7) is 0.632. The van der Waals surface area contributed by atoms with Crippen molar-refractivity contribution in [2.45, 2.75) is 6.54 Å². The van der Waals surface area contributed by atoms with Gasteiger partial charge in [-0.15, -0.1) is 0 Å². The Bertz CT molecular complexity index is 640. The largest absolute Gasteiger partial charge is 0.496 e. The number of hydrogen-bond donors (Lipinski definition) is 1. The van der Waals surface area contributed by atoms with E-state index in [2.05, 4.69) is 27.3 Å². The molecule has 0 saturated heterocycles. The molecule has 0 aliphatic rings. The van der Waals surface area contributed by atoms with Gasteiger partial charge in [-0.3, -0.25) is 0 Å². The maximum absolute atomic E-state index is 9.33. The molecule has 0 radical (unpaired) electrons. The summed E-state index contributed by atoms with van der Waals surface area (Å²) in [7, 11) is 5.40. The number of rotatable bonds is 3. The molecule has 2 rings (SSSR count). The molecule has 5 heteroatoms. The van der Waals surface area contributed by atoms with Gasteiger partial charge in [-0.2, -0.15) is 5.26 Å². The van der Waals surface area contributed by atoms with Crippen LogP contribution in [0.1, 0.15) is 11.3 Å². The molecule has 0 aliphatic heterocycles. The fourth-order valence-corrected chi connectivity index (χ4v) is 2.86. The van der Waals surface area contributed by atoms with E-state index in [0.717, 1.165) is 26.7 Å². The number of aryl methyl sites for hydroxylation is 1. The lowest BCUT2D eigenvalue weighted by Gasteiger charge is -2.06. The van der Waals surface area contributed by atoms with Crippen LogP contribution >= 0.6 is 15.9 Å². The highest BCUT2D eigenvalue weighted by Gasteiger charge is 2.19. The van der Waals surface area contributed by atoms with Crippen LogP contribution in [0.25, 0.3) is 10.9 Å². The smallest absolute Gasteiger partial charge is 0.128 e. The minimum Gasteiger partial charge on any atom is -0.496 e.